The molecule has 4 heteroatoms. The Morgan fingerprint density at radius 2 is 1.12 bits per heavy atom. The van der Waals surface area contributed by atoms with Crippen molar-refractivity contribution in [2.24, 2.45) is 0 Å². The highest BCUT2D eigenvalue weighted by molar-refractivity contribution is 5.92. The van der Waals surface area contributed by atoms with Crippen LogP contribution >= 0.6 is 0 Å². The average Bonchev–Trinajstić information content (AvgIpc) is 2.86. The van der Waals surface area contributed by atoms with Crippen molar-refractivity contribution in [3.63, 3.8) is 0 Å². The average molecular weight is 445 g/mol. The van der Waals surface area contributed by atoms with Crippen molar-refractivity contribution in [1.29, 1.82) is 5.26 Å². The van der Waals surface area contributed by atoms with Crippen molar-refractivity contribution < 1.29 is 9.90 Å². The highest BCUT2D eigenvalue weighted by atomic mass is 16.4. The first-order valence-corrected chi connectivity index (χ1v) is 10.9. The van der Waals surface area contributed by atoms with Gasteiger partial charge >= 0.3 is 5.97 Å². The van der Waals surface area contributed by atoms with E-state index in [1.165, 1.54) is 23.3 Å². The second-order valence-electron chi connectivity index (χ2n) is 8.15. The van der Waals surface area contributed by atoms with Gasteiger partial charge in [0.15, 0.2) is 0 Å². The summed E-state index contributed by atoms with van der Waals surface area (Å²) in [6.07, 6.45) is 1.81. The van der Waals surface area contributed by atoms with Crippen LogP contribution in [0.4, 0.5) is 17.1 Å². The Labute approximate surface area is 199 Å². The van der Waals surface area contributed by atoms with Crippen LogP contribution in [0, 0.1) is 25.2 Å². The van der Waals surface area contributed by atoms with Crippen LogP contribution in [0.3, 0.4) is 0 Å². The summed E-state index contributed by atoms with van der Waals surface area (Å²) in [4.78, 5) is 13.3. The van der Waals surface area contributed by atoms with Crippen molar-refractivity contribution in [2.75, 3.05) is 4.90 Å². The molecule has 0 aliphatic rings. The maximum atomic E-state index is 11.1. The van der Waals surface area contributed by atoms with Crippen molar-refractivity contribution in [3.05, 3.63) is 125 Å². The normalized spacial score (nSPS) is 11.0. The molecule has 0 atom stereocenters. The van der Waals surface area contributed by atoms with Gasteiger partial charge in [0.1, 0.15) is 0 Å². The van der Waals surface area contributed by atoms with E-state index in [1.807, 2.05) is 30.3 Å². The van der Waals surface area contributed by atoms with E-state index in [-0.39, 0.29) is 5.56 Å². The van der Waals surface area contributed by atoms with Gasteiger partial charge in [-0.1, -0.05) is 59.7 Å². The third-order valence-electron chi connectivity index (χ3n) is 5.61. The number of allylic oxidation sites excluding steroid dienone is 1. The molecule has 0 saturated carbocycles. The number of aromatic carboxylic acids is 1. The van der Waals surface area contributed by atoms with E-state index in [4.69, 9.17) is 5.11 Å². The lowest BCUT2D eigenvalue weighted by atomic mass is 10.0. The van der Waals surface area contributed by atoms with Crippen LogP contribution in [0.25, 0.3) is 11.6 Å². The zero-order valence-corrected chi connectivity index (χ0v) is 19.1. The number of carbonyl (C=O) groups is 1. The first-order valence-electron chi connectivity index (χ1n) is 10.9. The second-order valence-corrected chi connectivity index (χ2v) is 8.15. The molecule has 0 unspecified atom stereocenters. The van der Waals surface area contributed by atoms with Crippen molar-refractivity contribution >= 4 is 34.7 Å². The molecule has 0 fully saturated rings. The predicted molar refractivity (Wildman–Crippen MR) is 137 cm³/mol. The topological polar surface area (TPSA) is 64.3 Å². The smallest absolute Gasteiger partial charge is 0.335 e. The molecule has 0 heterocycles. The minimum absolute atomic E-state index is 0.192. The molecule has 0 radical (unpaired) electrons. The third-order valence-corrected chi connectivity index (χ3v) is 5.61. The van der Waals surface area contributed by atoms with Gasteiger partial charge in [0.05, 0.1) is 17.2 Å². The fraction of sp³-hybridized carbons (Fsp3) is 0.0667. The quantitative estimate of drug-likeness (QED) is 0.246. The summed E-state index contributed by atoms with van der Waals surface area (Å²) in [6, 6.07) is 33.4. The summed E-state index contributed by atoms with van der Waals surface area (Å²) >= 11 is 0. The van der Waals surface area contributed by atoms with Gasteiger partial charge in [-0.15, -0.1) is 0 Å². The van der Waals surface area contributed by atoms with Crippen molar-refractivity contribution in [1.82, 2.24) is 0 Å². The number of anilines is 3. The summed E-state index contributed by atoms with van der Waals surface area (Å²) in [5.41, 5.74) is 7.77. The second kappa shape index (κ2) is 9.89. The van der Waals surface area contributed by atoms with Crippen LogP contribution in [0.5, 0.6) is 0 Å². The SMILES string of the molecule is Cc1ccc(N(c2ccc(C)cc2)c2ccc(/C=C(\C#N)c3ccc(C(=O)O)cc3)cc2)cc1. The largest absolute Gasteiger partial charge is 0.478 e. The molecule has 4 rings (SSSR count). The standard InChI is InChI=1S/C30H24N2O2/c1-21-3-13-27(14-4-21)32(28-15-5-22(2)6-16-28)29-17-7-23(8-18-29)19-26(20-31)24-9-11-25(12-10-24)30(33)34/h3-19H,1-2H3,(H,33,34)/b26-19+. The lowest BCUT2D eigenvalue weighted by molar-refractivity contribution is 0.0697. The highest BCUT2D eigenvalue weighted by Crippen LogP contribution is 2.35. The maximum Gasteiger partial charge on any atom is 0.335 e. The lowest BCUT2D eigenvalue weighted by Gasteiger charge is -2.26. The zero-order chi connectivity index (χ0) is 24.1. The van der Waals surface area contributed by atoms with E-state index < -0.39 is 5.97 Å². The van der Waals surface area contributed by atoms with E-state index in [0.717, 1.165) is 22.6 Å². The van der Waals surface area contributed by atoms with Crippen LogP contribution in [0.15, 0.2) is 97.1 Å². The van der Waals surface area contributed by atoms with Crippen LogP contribution in [-0.2, 0) is 0 Å². The number of carboxylic acids is 1. The number of nitriles is 1. The molecule has 0 saturated heterocycles. The summed E-state index contributed by atoms with van der Waals surface area (Å²) < 4.78 is 0. The van der Waals surface area contributed by atoms with E-state index in [2.05, 4.69) is 73.3 Å². The summed E-state index contributed by atoms with van der Waals surface area (Å²) in [6.45, 7) is 4.15. The van der Waals surface area contributed by atoms with Crippen molar-refractivity contribution in [3.8, 4) is 6.07 Å². The van der Waals surface area contributed by atoms with E-state index in [1.54, 1.807) is 12.1 Å². The number of hydrogen-bond donors (Lipinski definition) is 1. The maximum absolute atomic E-state index is 11.1. The monoisotopic (exact) mass is 444 g/mol. The highest BCUT2D eigenvalue weighted by Gasteiger charge is 2.12. The zero-order valence-electron chi connectivity index (χ0n) is 19.1. The van der Waals surface area contributed by atoms with E-state index in [9.17, 15) is 10.1 Å². The Balaban J connectivity index is 1.68. The van der Waals surface area contributed by atoms with Gasteiger partial charge in [-0.25, -0.2) is 4.79 Å². The van der Waals surface area contributed by atoms with E-state index >= 15 is 0 Å². The third kappa shape index (κ3) is 5.06. The first-order chi connectivity index (χ1) is 16.4. The molecule has 0 aromatic heterocycles. The minimum Gasteiger partial charge on any atom is -0.478 e. The van der Waals surface area contributed by atoms with Crippen molar-refractivity contribution in [2.45, 2.75) is 13.8 Å². The van der Waals surface area contributed by atoms with E-state index in [0.29, 0.717) is 11.1 Å². The molecule has 1 N–H and O–H groups in total. The predicted octanol–water partition coefficient (Wildman–Crippen LogP) is 7.54. The van der Waals surface area contributed by atoms with Gasteiger partial charge in [-0.3, -0.25) is 0 Å². The number of benzene rings is 4. The molecule has 0 bridgehead atoms. The molecule has 4 nitrogen and oxygen atoms in total. The number of hydrogen-bond acceptors (Lipinski definition) is 3. The van der Waals surface area contributed by atoms with Crippen LogP contribution < -0.4 is 4.90 Å². The van der Waals surface area contributed by atoms with Gasteiger partial charge in [0.2, 0.25) is 0 Å². The Bertz CT molecular complexity index is 1320. The van der Waals surface area contributed by atoms with Gasteiger partial charge in [-0.05, 0) is 79.6 Å². The summed E-state index contributed by atoms with van der Waals surface area (Å²) in [7, 11) is 0. The number of aryl methyl sites for hydroxylation is 2. The summed E-state index contributed by atoms with van der Waals surface area (Å²) in [5.74, 6) is -0.990. The molecular weight excluding hydrogens is 420 g/mol. The van der Waals surface area contributed by atoms with Crippen LogP contribution in [-0.4, -0.2) is 11.1 Å². The molecule has 4 aromatic carbocycles. The van der Waals surface area contributed by atoms with Gasteiger partial charge in [0, 0.05) is 17.1 Å². The Kier molecular flexibility index (Phi) is 6.57. The van der Waals surface area contributed by atoms with Gasteiger partial charge in [0.25, 0.3) is 0 Å². The van der Waals surface area contributed by atoms with Gasteiger partial charge < -0.3 is 10.0 Å². The molecule has 0 spiro atoms. The fourth-order valence-corrected chi connectivity index (χ4v) is 3.69. The Morgan fingerprint density at radius 3 is 1.53 bits per heavy atom. The van der Waals surface area contributed by atoms with Crippen LogP contribution in [0.1, 0.15) is 32.6 Å². The minimum atomic E-state index is -0.990. The molecule has 166 valence electrons. The Hall–Kier alpha value is -4.62. The fourth-order valence-electron chi connectivity index (χ4n) is 3.69. The van der Waals surface area contributed by atoms with Gasteiger partial charge in [-0.2, -0.15) is 5.26 Å². The molecular formula is C30H24N2O2. The molecule has 0 amide bonds. The number of nitrogens with zero attached hydrogens (tertiary/aromatic N) is 2. The number of carboxylic acid groups (broad SMARTS) is 1. The Morgan fingerprint density at radius 1 is 0.706 bits per heavy atom. The molecule has 34 heavy (non-hydrogen) atoms. The lowest BCUT2D eigenvalue weighted by Crippen LogP contribution is -2.09. The number of rotatable bonds is 6. The molecule has 0 aliphatic carbocycles. The van der Waals surface area contributed by atoms with Crippen LogP contribution in [0.2, 0.25) is 0 Å². The molecule has 0 aliphatic heterocycles. The molecule has 4 aromatic rings. The summed E-state index contributed by atoms with van der Waals surface area (Å²) in [5, 5.41) is 18.7. The first kappa shape index (κ1) is 22.6.